The van der Waals surface area contributed by atoms with Crippen LogP contribution in [-0.4, -0.2) is 67.2 Å². The lowest BCUT2D eigenvalue weighted by atomic mass is 10.0. The molecule has 0 bridgehead atoms. The third kappa shape index (κ3) is 4.95. The minimum atomic E-state index is -0.759. The van der Waals surface area contributed by atoms with E-state index in [9.17, 15) is 9.90 Å². The molecule has 0 saturated carbocycles. The number of hydrogen-bond acceptors (Lipinski definition) is 4. The first-order chi connectivity index (χ1) is 11.8. The van der Waals surface area contributed by atoms with Gasteiger partial charge in [0.15, 0.2) is 0 Å². The van der Waals surface area contributed by atoms with Crippen LogP contribution in [0.3, 0.4) is 0 Å². The van der Waals surface area contributed by atoms with Crippen molar-refractivity contribution in [3.63, 3.8) is 0 Å². The van der Waals surface area contributed by atoms with Crippen LogP contribution in [0.25, 0.3) is 0 Å². The molecule has 2 unspecified atom stereocenters. The number of rotatable bonds is 7. The number of nitrogens with zero attached hydrogens (tertiary/aromatic N) is 3. The Hall–Kier alpha value is -1.59. The number of benzene rings is 1. The topological polar surface area (TPSA) is 47.0 Å². The Morgan fingerprint density at radius 2 is 1.88 bits per heavy atom. The Kier molecular flexibility index (Phi) is 6.85. The van der Waals surface area contributed by atoms with E-state index in [1.54, 1.807) is 0 Å². The highest BCUT2D eigenvalue weighted by Gasteiger charge is 2.34. The molecule has 140 valence electrons. The quantitative estimate of drug-likeness (QED) is 0.822. The molecule has 1 aliphatic rings. The van der Waals surface area contributed by atoms with Crippen molar-refractivity contribution in [2.75, 3.05) is 45.2 Å². The normalized spacial score (nSPS) is 20.6. The molecule has 0 radical (unpaired) electrons. The first kappa shape index (κ1) is 19.7. The minimum Gasteiger partial charge on any atom is -0.480 e. The van der Waals surface area contributed by atoms with E-state index in [-0.39, 0.29) is 0 Å². The standard InChI is InChI=1S/C20H33N3O2/c1-6-17-14-23(12-11-22(17)13-15(2)3)19(20(24)25)16-7-9-18(10-8-16)21(4)5/h7-10,15,17,19H,6,11-14H2,1-5H3,(H,24,25). The molecule has 2 rings (SSSR count). The third-order valence-electron chi connectivity index (χ3n) is 5.03. The van der Waals surface area contributed by atoms with E-state index in [4.69, 9.17) is 0 Å². The molecule has 25 heavy (non-hydrogen) atoms. The van der Waals surface area contributed by atoms with Crippen LogP contribution in [0.4, 0.5) is 5.69 Å². The van der Waals surface area contributed by atoms with Gasteiger partial charge in [0.1, 0.15) is 6.04 Å². The van der Waals surface area contributed by atoms with Gasteiger partial charge in [-0.1, -0.05) is 32.9 Å². The van der Waals surface area contributed by atoms with Crippen molar-refractivity contribution in [3.8, 4) is 0 Å². The molecule has 5 nitrogen and oxygen atoms in total. The van der Waals surface area contributed by atoms with Gasteiger partial charge in [-0.25, -0.2) is 0 Å². The summed E-state index contributed by atoms with van der Waals surface area (Å²) in [6, 6.07) is 7.77. The molecule has 1 N–H and O–H groups in total. The predicted molar refractivity (Wildman–Crippen MR) is 103 cm³/mol. The van der Waals surface area contributed by atoms with E-state index in [1.807, 2.05) is 43.3 Å². The summed E-state index contributed by atoms with van der Waals surface area (Å²) in [5.74, 6) is -0.126. The van der Waals surface area contributed by atoms with Gasteiger partial charge in [-0.15, -0.1) is 0 Å². The molecule has 2 atom stereocenters. The van der Waals surface area contributed by atoms with Crippen LogP contribution in [-0.2, 0) is 4.79 Å². The molecular formula is C20H33N3O2. The zero-order valence-corrected chi connectivity index (χ0v) is 16.3. The van der Waals surface area contributed by atoms with Gasteiger partial charge in [0.05, 0.1) is 0 Å². The van der Waals surface area contributed by atoms with Gasteiger partial charge < -0.3 is 10.0 Å². The summed E-state index contributed by atoms with van der Waals surface area (Å²) in [5.41, 5.74) is 1.95. The molecule has 5 heteroatoms. The van der Waals surface area contributed by atoms with E-state index in [2.05, 4.69) is 30.6 Å². The molecule has 1 aromatic rings. The number of anilines is 1. The largest absolute Gasteiger partial charge is 0.480 e. The maximum Gasteiger partial charge on any atom is 0.325 e. The fourth-order valence-electron chi connectivity index (χ4n) is 3.71. The Bertz CT molecular complexity index is 557. The van der Waals surface area contributed by atoms with Gasteiger partial charge in [-0.3, -0.25) is 14.6 Å². The van der Waals surface area contributed by atoms with Crippen molar-refractivity contribution in [2.24, 2.45) is 5.92 Å². The van der Waals surface area contributed by atoms with Gasteiger partial charge >= 0.3 is 5.97 Å². The minimum absolute atomic E-state index is 0.430. The Labute approximate surface area is 152 Å². The zero-order chi connectivity index (χ0) is 18.6. The molecular weight excluding hydrogens is 314 g/mol. The van der Waals surface area contributed by atoms with Crippen molar-refractivity contribution in [1.82, 2.24) is 9.80 Å². The van der Waals surface area contributed by atoms with Crippen molar-refractivity contribution >= 4 is 11.7 Å². The van der Waals surface area contributed by atoms with E-state index in [1.165, 1.54) is 0 Å². The first-order valence-corrected chi connectivity index (χ1v) is 9.31. The second-order valence-electron chi connectivity index (χ2n) is 7.67. The molecule has 1 aromatic carbocycles. The zero-order valence-electron chi connectivity index (χ0n) is 16.3. The summed E-state index contributed by atoms with van der Waals surface area (Å²) in [6.45, 7) is 10.3. The average molecular weight is 348 g/mol. The highest BCUT2D eigenvalue weighted by molar-refractivity contribution is 5.76. The van der Waals surface area contributed by atoms with Gasteiger partial charge in [0, 0.05) is 52.0 Å². The lowest BCUT2D eigenvalue weighted by molar-refractivity contribution is -0.145. The molecule has 1 aliphatic heterocycles. The highest BCUT2D eigenvalue weighted by atomic mass is 16.4. The molecule has 0 aromatic heterocycles. The molecule has 1 heterocycles. The monoisotopic (exact) mass is 347 g/mol. The fraction of sp³-hybridized carbons (Fsp3) is 0.650. The first-order valence-electron chi connectivity index (χ1n) is 9.31. The number of carboxylic acid groups (broad SMARTS) is 1. The number of hydrogen-bond donors (Lipinski definition) is 1. The van der Waals surface area contributed by atoms with Gasteiger partial charge in [-0.2, -0.15) is 0 Å². The van der Waals surface area contributed by atoms with Crippen LogP contribution in [0.1, 0.15) is 38.8 Å². The van der Waals surface area contributed by atoms with E-state index in [0.717, 1.165) is 43.9 Å². The maximum absolute atomic E-state index is 12.0. The summed E-state index contributed by atoms with van der Waals surface area (Å²) < 4.78 is 0. The Morgan fingerprint density at radius 3 is 2.36 bits per heavy atom. The van der Waals surface area contributed by atoms with Crippen LogP contribution < -0.4 is 4.90 Å². The fourth-order valence-corrected chi connectivity index (χ4v) is 3.71. The summed E-state index contributed by atoms with van der Waals surface area (Å²) >= 11 is 0. The van der Waals surface area contributed by atoms with Crippen LogP contribution in [0, 0.1) is 5.92 Å². The Morgan fingerprint density at radius 1 is 1.24 bits per heavy atom. The average Bonchev–Trinajstić information content (AvgIpc) is 2.56. The summed E-state index contributed by atoms with van der Waals surface area (Å²) in [7, 11) is 3.98. The van der Waals surface area contributed by atoms with Crippen LogP contribution in [0.5, 0.6) is 0 Å². The predicted octanol–water partition coefficient (Wildman–Crippen LogP) is 2.93. The van der Waals surface area contributed by atoms with Crippen molar-refractivity contribution in [1.29, 1.82) is 0 Å². The SMILES string of the molecule is CCC1CN(C(C(=O)O)c2ccc(N(C)C)cc2)CCN1CC(C)C. The molecule has 0 spiro atoms. The summed E-state index contributed by atoms with van der Waals surface area (Å²) in [4.78, 5) is 18.7. The van der Waals surface area contributed by atoms with Gasteiger partial charge in [-0.05, 0) is 30.0 Å². The van der Waals surface area contributed by atoms with E-state index < -0.39 is 12.0 Å². The second kappa shape index (κ2) is 8.68. The van der Waals surface area contributed by atoms with Crippen molar-refractivity contribution < 1.29 is 9.90 Å². The van der Waals surface area contributed by atoms with E-state index in [0.29, 0.717) is 12.0 Å². The number of aliphatic carboxylic acids is 1. The van der Waals surface area contributed by atoms with Crippen molar-refractivity contribution in [3.05, 3.63) is 29.8 Å². The number of piperazine rings is 1. The molecule has 0 aliphatic carbocycles. The highest BCUT2D eigenvalue weighted by Crippen LogP contribution is 2.27. The van der Waals surface area contributed by atoms with Crippen LogP contribution >= 0.6 is 0 Å². The van der Waals surface area contributed by atoms with Crippen LogP contribution in [0.2, 0.25) is 0 Å². The summed E-state index contributed by atoms with van der Waals surface area (Å²) in [5, 5.41) is 9.86. The van der Waals surface area contributed by atoms with E-state index >= 15 is 0 Å². The molecule has 0 amide bonds. The second-order valence-corrected chi connectivity index (χ2v) is 7.67. The van der Waals surface area contributed by atoms with Gasteiger partial charge in [0.25, 0.3) is 0 Å². The number of carbonyl (C=O) groups is 1. The lowest BCUT2D eigenvalue weighted by Gasteiger charge is -2.44. The van der Waals surface area contributed by atoms with Crippen molar-refractivity contribution in [2.45, 2.75) is 39.3 Å². The summed E-state index contributed by atoms with van der Waals surface area (Å²) in [6.07, 6.45) is 1.05. The molecule has 1 fully saturated rings. The lowest BCUT2D eigenvalue weighted by Crippen LogP contribution is -2.55. The maximum atomic E-state index is 12.0. The van der Waals surface area contributed by atoms with Crippen LogP contribution in [0.15, 0.2) is 24.3 Å². The smallest absolute Gasteiger partial charge is 0.325 e. The van der Waals surface area contributed by atoms with Gasteiger partial charge in [0.2, 0.25) is 0 Å². The number of carboxylic acids is 1. The Balaban J connectivity index is 2.16. The third-order valence-corrected chi connectivity index (χ3v) is 5.03. The molecule has 1 saturated heterocycles.